The van der Waals surface area contributed by atoms with Gasteiger partial charge in [0.05, 0.1) is 11.9 Å². The molecule has 2 rings (SSSR count). The van der Waals surface area contributed by atoms with Crippen LogP contribution in [-0.2, 0) is 6.42 Å². The van der Waals surface area contributed by atoms with E-state index in [0.717, 1.165) is 17.1 Å². The Morgan fingerprint density at radius 3 is 2.50 bits per heavy atom. The lowest BCUT2D eigenvalue weighted by molar-refractivity contribution is -0.274. The minimum atomic E-state index is -4.68. The lowest BCUT2D eigenvalue weighted by atomic mass is 10.1. The highest BCUT2D eigenvalue weighted by molar-refractivity contribution is 5.59. The van der Waals surface area contributed by atoms with Crippen molar-refractivity contribution < 1.29 is 17.9 Å². The van der Waals surface area contributed by atoms with E-state index in [-0.39, 0.29) is 11.8 Å². The topological polar surface area (TPSA) is 63.9 Å². The fourth-order valence-corrected chi connectivity index (χ4v) is 1.75. The third-order valence-corrected chi connectivity index (χ3v) is 2.54. The van der Waals surface area contributed by atoms with Crippen molar-refractivity contribution in [3.63, 3.8) is 0 Å². The predicted molar refractivity (Wildman–Crippen MR) is 68.1 cm³/mol. The first kappa shape index (κ1) is 14.4. The molecule has 20 heavy (non-hydrogen) atoms. The van der Waals surface area contributed by atoms with Crippen molar-refractivity contribution in [3.8, 4) is 17.0 Å². The fraction of sp³-hybridized carbons (Fsp3) is 0.308. The molecular formula is C13H14F3N3O. The van der Waals surface area contributed by atoms with Gasteiger partial charge in [0.15, 0.2) is 0 Å². The Labute approximate surface area is 113 Å². The Morgan fingerprint density at radius 2 is 1.95 bits per heavy atom. The number of hydrogen-bond donors (Lipinski definition) is 2. The maximum Gasteiger partial charge on any atom is 0.573 e. The van der Waals surface area contributed by atoms with Crippen LogP contribution in [0.25, 0.3) is 11.3 Å². The van der Waals surface area contributed by atoms with E-state index in [0.29, 0.717) is 6.42 Å². The van der Waals surface area contributed by atoms with Gasteiger partial charge in [-0.1, -0.05) is 0 Å². The van der Waals surface area contributed by atoms with Gasteiger partial charge >= 0.3 is 6.36 Å². The number of imidazole rings is 1. The van der Waals surface area contributed by atoms with Gasteiger partial charge in [-0.3, -0.25) is 0 Å². The zero-order valence-electron chi connectivity index (χ0n) is 10.7. The second-order valence-electron chi connectivity index (χ2n) is 4.50. The van der Waals surface area contributed by atoms with Crippen molar-refractivity contribution in [2.45, 2.75) is 25.7 Å². The number of halogens is 3. The van der Waals surface area contributed by atoms with Crippen LogP contribution in [0, 0.1) is 0 Å². The number of aromatic nitrogens is 2. The first-order valence-electron chi connectivity index (χ1n) is 5.99. The number of hydrogen-bond acceptors (Lipinski definition) is 3. The molecule has 0 radical (unpaired) electrons. The summed E-state index contributed by atoms with van der Waals surface area (Å²) >= 11 is 0. The molecule has 0 bridgehead atoms. The lowest BCUT2D eigenvalue weighted by Crippen LogP contribution is -2.18. The van der Waals surface area contributed by atoms with Gasteiger partial charge in [0.25, 0.3) is 0 Å². The lowest BCUT2D eigenvalue weighted by Gasteiger charge is -2.08. The van der Waals surface area contributed by atoms with Gasteiger partial charge in [0, 0.05) is 12.5 Å². The summed E-state index contributed by atoms with van der Waals surface area (Å²) in [7, 11) is 0. The number of nitrogens with one attached hydrogen (secondary N) is 1. The van der Waals surface area contributed by atoms with E-state index in [4.69, 9.17) is 5.73 Å². The number of nitrogens with two attached hydrogens (primary N) is 1. The summed E-state index contributed by atoms with van der Waals surface area (Å²) < 4.78 is 39.9. The molecule has 1 heterocycles. The third-order valence-electron chi connectivity index (χ3n) is 2.54. The Bertz CT molecular complexity index is 561. The molecule has 1 atom stereocenters. The summed E-state index contributed by atoms with van der Waals surface area (Å²) in [6.07, 6.45) is -2.45. The number of ether oxygens (including phenoxy) is 1. The van der Waals surface area contributed by atoms with E-state index in [9.17, 15) is 13.2 Å². The SMILES string of the molecule is C[C@@H](N)Cc1ncc(-c2ccc(OC(F)(F)F)cc2)[nH]1. The van der Waals surface area contributed by atoms with Crippen LogP contribution in [0.2, 0.25) is 0 Å². The molecule has 4 nitrogen and oxygen atoms in total. The molecular weight excluding hydrogens is 271 g/mol. The minimum Gasteiger partial charge on any atom is -0.406 e. The van der Waals surface area contributed by atoms with Gasteiger partial charge in [-0.2, -0.15) is 0 Å². The molecule has 0 saturated heterocycles. The van der Waals surface area contributed by atoms with Crippen LogP contribution in [0.5, 0.6) is 5.75 Å². The summed E-state index contributed by atoms with van der Waals surface area (Å²) in [4.78, 5) is 7.24. The summed E-state index contributed by atoms with van der Waals surface area (Å²) in [5.41, 5.74) is 7.11. The van der Waals surface area contributed by atoms with E-state index >= 15 is 0 Å². The Kier molecular flexibility index (Phi) is 3.99. The van der Waals surface area contributed by atoms with Crippen LogP contribution in [0.15, 0.2) is 30.5 Å². The summed E-state index contributed by atoms with van der Waals surface area (Å²) in [5, 5.41) is 0. The zero-order valence-corrected chi connectivity index (χ0v) is 10.7. The Morgan fingerprint density at radius 1 is 1.30 bits per heavy atom. The van der Waals surface area contributed by atoms with E-state index in [2.05, 4.69) is 14.7 Å². The van der Waals surface area contributed by atoms with Crippen LogP contribution in [0.4, 0.5) is 13.2 Å². The number of rotatable bonds is 4. The van der Waals surface area contributed by atoms with Gasteiger partial charge in [0.1, 0.15) is 11.6 Å². The van der Waals surface area contributed by atoms with Gasteiger partial charge in [-0.05, 0) is 36.8 Å². The monoisotopic (exact) mass is 285 g/mol. The van der Waals surface area contributed by atoms with Gasteiger partial charge in [-0.15, -0.1) is 13.2 Å². The fourth-order valence-electron chi connectivity index (χ4n) is 1.75. The van der Waals surface area contributed by atoms with E-state index in [1.54, 1.807) is 6.20 Å². The maximum atomic E-state index is 12.0. The van der Waals surface area contributed by atoms with E-state index in [1.165, 1.54) is 24.3 Å². The first-order chi connectivity index (χ1) is 9.33. The smallest absolute Gasteiger partial charge is 0.406 e. The average Bonchev–Trinajstić information content (AvgIpc) is 2.75. The van der Waals surface area contributed by atoms with Crippen LogP contribution in [0.1, 0.15) is 12.7 Å². The van der Waals surface area contributed by atoms with Gasteiger partial charge < -0.3 is 15.5 Å². The van der Waals surface area contributed by atoms with Gasteiger partial charge in [0.2, 0.25) is 0 Å². The van der Waals surface area contributed by atoms with Crippen molar-refractivity contribution in [2.24, 2.45) is 5.73 Å². The maximum absolute atomic E-state index is 12.0. The number of nitrogens with zero attached hydrogens (tertiary/aromatic N) is 1. The molecule has 0 unspecified atom stereocenters. The normalized spacial score (nSPS) is 13.2. The molecule has 0 aliphatic carbocycles. The quantitative estimate of drug-likeness (QED) is 0.908. The standard InChI is InChI=1S/C13H14F3N3O/c1-8(17)6-12-18-7-11(19-12)9-2-4-10(5-3-9)20-13(14,15)16/h2-5,7-8H,6,17H2,1H3,(H,18,19)/t8-/m1/s1. The van der Waals surface area contributed by atoms with Crippen LogP contribution >= 0.6 is 0 Å². The molecule has 1 aromatic heterocycles. The Hall–Kier alpha value is -2.02. The van der Waals surface area contributed by atoms with Crippen LogP contribution < -0.4 is 10.5 Å². The molecule has 0 saturated carbocycles. The molecule has 2 aromatic rings. The predicted octanol–water partition coefficient (Wildman–Crippen LogP) is 2.87. The molecule has 0 amide bonds. The molecule has 0 aliphatic heterocycles. The summed E-state index contributed by atoms with van der Waals surface area (Å²) in [5.74, 6) is 0.488. The van der Waals surface area contributed by atoms with Crippen molar-refractivity contribution in [2.75, 3.05) is 0 Å². The van der Waals surface area contributed by atoms with Crippen molar-refractivity contribution in [1.29, 1.82) is 0 Å². The summed E-state index contributed by atoms with van der Waals surface area (Å²) in [6, 6.07) is 5.56. The molecule has 3 N–H and O–H groups in total. The van der Waals surface area contributed by atoms with Gasteiger partial charge in [-0.25, -0.2) is 4.98 Å². The van der Waals surface area contributed by atoms with Crippen molar-refractivity contribution in [1.82, 2.24) is 9.97 Å². The highest BCUT2D eigenvalue weighted by atomic mass is 19.4. The molecule has 1 aromatic carbocycles. The highest BCUT2D eigenvalue weighted by Crippen LogP contribution is 2.25. The van der Waals surface area contributed by atoms with E-state index < -0.39 is 6.36 Å². The average molecular weight is 285 g/mol. The van der Waals surface area contributed by atoms with Crippen LogP contribution in [-0.4, -0.2) is 22.4 Å². The minimum absolute atomic E-state index is 0.0171. The summed E-state index contributed by atoms with van der Waals surface area (Å²) in [6.45, 7) is 1.87. The van der Waals surface area contributed by atoms with Crippen molar-refractivity contribution in [3.05, 3.63) is 36.3 Å². The van der Waals surface area contributed by atoms with E-state index in [1.807, 2.05) is 6.92 Å². The Balaban J connectivity index is 2.11. The van der Waals surface area contributed by atoms with Crippen molar-refractivity contribution >= 4 is 0 Å². The third kappa shape index (κ3) is 3.99. The zero-order chi connectivity index (χ0) is 14.8. The highest BCUT2D eigenvalue weighted by Gasteiger charge is 2.30. The van der Waals surface area contributed by atoms with Crippen LogP contribution in [0.3, 0.4) is 0 Å². The number of benzene rings is 1. The number of aromatic amines is 1. The molecule has 0 aliphatic rings. The molecule has 108 valence electrons. The second kappa shape index (κ2) is 5.54. The second-order valence-corrected chi connectivity index (χ2v) is 4.50. The first-order valence-corrected chi connectivity index (χ1v) is 5.99. The molecule has 0 spiro atoms. The molecule has 0 fully saturated rings. The largest absolute Gasteiger partial charge is 0.573 e. The number of alkyl halides is 3. The number of H-pyrrole nitrogens is 1. The molecule has 7 heteroatoms.